The molecule has 1 fully saturated rings. The summed E-state index contributed by atoms with van der Waals surface area (Å²) in [5, 5.41) is 3.51. The van der Waals surface area contributed by atoms with Gasteiger partial charge in [-0.3, -0.25) is 14.5 Å². The van der Waals surface area contributed by atoms with Crippen LogP contribution in [0.2, 0.25) is 5.02 Å². The van der Waals surface area contributed by atoms with Gasteiger partial charge in [-0.1, -0.05) is 72.3 Å². The van der Waals surface area contributed by atoms with Crippen molar-refractivity contribution in [2.24, 2.45) is 0 Å². The van der Waals surface area contributed by atoms with E-state index in [2.05, 4.69) is 5.32 Å². The number of benzene rings is 3. The number of carbonyl (C=O) groups excluding carboxylic acids is 3. The number of nitrogens with zero attached hydrogens (tertiary/aromatic N) is 2. The third-order valence-corrected chi connectivity index (χ3v) is 6.89. The number of amides is 3. The maximum Gasteiger partial charge on any atom is 0.325 e. The Morgan fingerprint density at radius 1 is 0.861 bits per heavy atom. The van der Waals surface area contributed by atoms with Gasteiger partial charge in [-0.25, -0.2) is 4.79 Å². The standard InChI is InChI=1S/C29H24ClN3O3/c1-19-17-25(20(2)33(19)24-15-13-23(30)14-16-24)26(34)18-32-27(35)29(31-28(32)36,21-9-5-3-6-10-21)22-11-7-4-8-12-22/h3-17H,18H2,1-2H3,(H,31,36). The van der Waals surface area contributed by atoms with Gasteiger partial charge in [0.05, 0.1) is 6.54 Å². The number of hydrogen-bond donors (Lipinski definition) is 1. The molecule has 6 nitrogen and oxygen atoms in total. The van der Waals surface area contributed by atoms with Crippen molar-refractivity contribution >= 4 is 29.3 Å². The van der Waals surface area contributed by atoms with Gasteiger partial charge in [-0.05, 0) is 55.3 Å². The molecular weight excluding hydrogens is 474 g/mol. The van der Waals surface area contributed by atoms with Crippen molar-refractivity contribution in [1.29, 1.82) is 0 Å². The molecule has 1 N–H and O–H groups in total. The van der Waals surface area contributed by atoms with Crippen LogP contribution < -0.4 is 5.32 Å². The second kappa shape index (κ2) is 9.13. The lowest BCUT2D eigenvalue weighted by Gasteiger charge is -2.28. The van der Waals surface area contributed by atoms with E-state index in [0.717, 1.165) is 22.0 Å². The maximum atomic E-state index is 13.9. The van der Waals surface area contributed by atoms with Crippen LogP contribution in [-0.4, -0.2) is 33.7 Å². The lowest BCUT2D eigenvalue weighted by molar-refractivity contribution is -0.129. The number of hydrogen-bond acceptors (Lipinski definition) is 3. The van der Waals surface area contributed by atoms with E-state index in [1.807, 2.05) is 66.9 Å². The van der Waals surface area contributed by atoms with E-state index in [-0.39, 0.29) is 12.3 Å². The number of rotatable bonds is 6. The molecule has 1 aliphatic rings. The van der Waals surface area contributed by atoms with Gasteiger partial charge in [0, 0.05) is 27.7 Å². The second-order valence-corrected chi connectivity index (χ2v) is 9.26. The van der Waals surface area contributed by atoms with Gasteiger partial charge in [0.2, 0.25) is 0 Å². The summed E-state index contributed by atoms with van der Waals surface area (Å²) in [6.07, 6.45) is 0. The molecule has 1 aliphatic heterocycles. The molecule has 3 amide bonds. The molecule has 7 heteroatoms. The van der Waals surface area contributed by atoms with Crippen LogP contribution >= 0.6 is 11.6 Å². The van der Waals surface area contributed by atoms with Gasteiger partial charge in [0.1, 0.15) is 0 Å². The smallest absolute Gasteiger partial charge is 0.318 e. The third-order valence-electron chi connectivity index (χ3n) is 6.64. The summed E-state index contributed by atoms with van der Waals surface area (Å²) in [5.41, 5.74) is 2.77. The molecule has 0 radical (unpaired) electrons. The zero-order valence-electron chi connectivity index (χ0n) is 19.9. The van der Waals surface area contributed by atoms with Crippen LogP contribution in [0.4, 0.5) is 4.79 Å². The summed E-state index contributed by atoms with van der Waals surface area (Å²) in [7, 11) is 0. The molecule has 1 aromatic heterocycles. The monoisotopic (exact) mass is 497 g/mol. The summed E-state index contributed by atoms with van der Waals surface area (Å²) in [4.78, 5) is 41.5. The number of Topliss-reactive ketones (excluding diaryl/α,β-unsaturated/α-hetero) is 1. The van der Waals surface area contributed by atoms with Gasteiger partial charge < -0.3 is 9.88 Å². The normalized spacial score (nSPS) is 14.7. The van der Waals surface area contributed by atoms with Crippen molar-refractivity contribution in [2.45, 2.75) is 19.4 Å². The zero-order chi connectivity index (χ0) is 25.4. The number of carbonyl (C=O) groups is 3. The minimum atomic E-state index is -1.40. The molecule has 0 spiro atoms. The number of nitrogens with one attached hydrogen (secondary N) is 1. The number of urea groups is 1. The van der Waals surface area contributed by atoms with Crippen LogP contribution in [0.1, 0.15) is 32.9 Å². The van der Waals surface area contributed by atoms with E-state index < -0.39 is 17.5 Å². The van der Waals surface area contributed by atoms with Gasteiger partial charge in [-0.2, -0.15) is 0 Å². The van der Waals surface area contributed by atoms with Gasteiger partial charge >= 0.3 is 6.03 Å². The minimum absolute atomic E-state index is 0.316. The Morgan fingerprint density at radius 3 is 1.97 bits per heavy atom. The summed E-state index contributed by atoms with van der Waals surface area (Å²) >= 11 is 6.03. The predicted octanol–water partition coefficient (Wildman–Crippen LogP) is 5.43. The van der Waals surface area contributed by atoms with Crippen LogP contribution in [0.25, 0.3) is 5.69 Å². The lowest BCUT2D eigenvalue weighted by Crippen LogP contribution is -2.45. The first-order valence-corrected chi connectivity index (χ1v) is 11.9. The Morgan fingerprint density at radius 2 is 1.42 bits per heavy atom. The minimum Gasteiger partial charge on any atom is -0.318 e. The Hall–Kier alpha value is -4.16. The summed E-state index contributed by atoms with van der Waals surface area (Å²) in [6, 6.07) is 26.7. The van der Waals surface area contributed by atoms with Crippen molar-refractivity contribution in [3.8, 4) is 5.69 Å². The third kappa shape index (κ3) is 3.80. The number of aromatic nitrogens is 1. The van der Waals surface area contributed by atoms with Gasteiger partial charge in [-0.15, -0.1) is 0 Å². The van der Waals surface area contributed by atoms with Crippen molar-refractivity contribution in [2.75, 3.05) is 6.54 Å². The Labute approximate surface area is 214 Å². The summed E-state index contributed by atoms with van der Waals surface area (Å²) in [5.74, 6) is -0.798. The summed E-state index contributed by atoms with van der Waals surface area (Å²) in [6.45, 7) is 3.39. The number of imide groups is 1. The molecule has 5 rings (SSSR count). The van der Waals surface area contributed by atoms with Crippen LogP contribution in [0, 0.1) is 13.8 Å². The lowest BCUT2D eigenvalue weighted by atomic mass is 9.82. The molecule has 0 unspecified atom stereocenters. The topological polar surface area (TPSA) is 71.4 Å². The highest BCUT2D eigenvalue weighted by Crippen LogP contribution is 2.36. The van der Waals surface area contributed by atoms with Crippen LogP contribution in [0.3, 0.4) is 0 Å². The van der Waals surface area contributed by atoms with E-state index in [0.29, 0.717) is 21.7 Å². The molecule has 2 heterocycles. The quantitative estimate of drug-likeness (QED) is 0.285. The number of ketones is 1. The van der Waals surface area contributed by atoms with Crippen LogP contribution in [0.5, 0.6) is 0 Å². The van der Waals surface area contributed by atoms with E-state index >= 15 is 0 Å². The zero-order valence-corrected chi connectivity index (χ0v) is 20.6. The molecule has 0 aliphatic carbocycles. The maximum absolute atomic E-state index is 13.9. The molecule has 3 aromatic carbocycles. The molecule has 0 atom stereocenters. The molecule has 180 valence electrons. The van der Waals surface area contributed by atoms with E-state index in [9.17, 15) is 14.4 Å². The van der Waals surface area contributed by atoms with Crippen LogP contribution in [-0.2, 0) is 10.3 Å². The number of halogens is 1. The first kappa shape index (κ1) is 23.6. The number of aryl methyl sites for hydroxylation is 1. The first-order valence-electron chi connectivity index (χ1n) is 11.6. The average Bonchev–Trinajstić information content (AvgIpc) is 3.33. The van der Waals surface area contributed by atoms with Crippen molar-refractivity contribution in [3.63, 3.8) is 0 Å². The van der Waals surface area contributed by atoms with Gasteiger partial charge in [0.25, 0.3) is 5.91 Å². The Balaban J connectivity index is 1.49. The Bertz CT molecular complexity index is 1420. The molecule has 1 saturated heterocycles. The molecule has 4 aromatic rings. The fourth-order valence-electron chi connectivity index (χ4n) is 4.92. The fourth-order valence-corrected chi connectivity index (χ4v) is 5.04. The van der Waals surface area contributed by atoms with E-state index in [4.69, 9.17) is 11.6 Å². The fraction of sp³-hybridized carbons (Fsp3) is 0.138. The average molecular weight is 498 g/mol. The van der Waals surface area contributed by atoms with Gasteiger partial charge in [0.15, 0.2) is 11.3 Å². The Kier molecular flexibility index (Phi) is 5.98. The summed E-state index contributed by atoms with van der Waals surface area (Å²) < 4.78 is 1.95. The predicted molar refractivity (Wildman–Crippen MR) is 138 cm³/mol. The SMILES string of the molecule is Cc1cc(C(=O)CN2C(=O)NC(c3ccccc3)(c3ccccc3)C2=O)c(C)n1-c1ccc(Cl)cc1. The first-order chi connectivity index (χ1) is 17.3. The molecule has 36 heavy (non-hydrogen) atoms. The van der Waals surface area contributed by atoms with Crippen molar-refractivity contribution in [1.82, 2.24) is 14.8 Å². The molecule has 0 bridgehead atoms. The van der Waals surface area contributed by atoms with E-state index in [1.165, 1.54) is 0 Å². The largest absolute Gasteiger partial charge is 0.325 e. The highest BCUT2D eigenvalue weighted by atomic mass is 35.5. The van der Waals surface area contributed by atoms with Crippen molar-refractivity contribution < 1.29 is 14.4 Å². The van der Waals surface area contributed by atoms with Crippen molar-refractivity contribution in [3.05, 3.63) is 124 Å². The molecular formula is C29H24ClN3O3. The van der Waals surface area contributed by atoms with E-state index in [1.54, 1.807) is 42.5 Å². The molecule has 0 saturated carbocycles. The highest BCUT2D eigenvalue weighted by molar-refractivity contribution is 6.30. The second-order valence-electron chi connectivity index (χ2n) is 8.82. The van der Waals surface area contributed by atoms with Crippen LogP contribution in [0.15, 0.2) is 91.0 Å². The highest BCUT2D eigenvalue weighted by Gasteiger charge is 2.54.